The zero-order chi connectivity index (χ0) is 25.6. The Kier molecular flexibility index (Phi) is 8.27. The topological polar surface area (TPSA) is 158 Å². The van der Waals surface area contributed by atoms with Gasteiger partial charge >= 0.3 is 12.1 Å². The van der Waals surface area contributed by atoms with Gasteiger partial charge in [0.15, 0.2) is 5.75 Å². The number of amides is 2. The number of rotatable bonds is 9. The van der Waals surface area contributed by atoms with Crippen LogP contribution in [0.2, 0.25) is 0 Å². The number of hydrogen-bond acceptors (Lipinski definition) is 6. The second-order valence-corrected chi connectivity index (χ2v) is 7.15. The third-order valence-electron chi connectivity index (χ3n) is 4.73. The van der Waals surface area contributed by atoms with E-state index in [2.05, 4.69) is 5.32 Å². The van der Waals surface area contributed by atoms with Crippen molar-refractivity contribution in [3.8, 4) is 11.6 Å². The normalized spacial score (nSPS) is 11.2. The Morgan fingerprint density at radius 1 is 1.03 bits per heavy atom. The number of unbranched alkanes of at least 4 members (excludes halogenated alkanes) is 1. The highest BCUT2D eigenvalue weighted by molar-refractivity contribution is 6.05. The van der Waals surface area contributed by atoms with Crippen LogP contribution in [0.25, 0.3) is 0 Å². The van der Waals surface area contributed by atoms with Crippen molar-refractivity contribution in [3.05, 3.63) is 56.9 Å². The number of alkyl halides is 3. The molecule has 0 unspecified atom stereocenters. The largest absolute Gasteiger partial charge is 0.506 e. The number of aliphatic carboxylic acids is 1. The van der Waals surface area contributed by atoms with E-state index in [0.717, 1.165) is 18.2 Å². The molecule has 0 aliphatic carbocycles. The van der Waals surface area contributed by atoms with Crippen LogP contribution in [-0.2, 0) is 17.5 Å². The van der Waals surface area contributed by atoms with Gasteiger partial charge < -0.3 is 26.0 Å². The van der Waals surface area contributed by atoms with Crippen LogP contribution in [0.5, 0.6) is 11.6 Å². The molecule has 0 saturated carbocycles. The molecule has 184 valence electrons. The van der Waals surface area contributed by atoms with Gasteiger partial charge in [-0.3, -0.25) is 23.7 Å². The van der Waals surface area contributed by atoms with Crippen LogP contribution in [0.4, 0.5) is 13.2 Å². The second-order valence-electron chi connectivity index (χ2n) is 7.15. The van der Waals surface area contributed by atoms with Crippen LogP contribution < -0.4 is 16.2 Å². The lowest BCUT2D eigenvalue weighted by Gasteiger charge is -2.18. The third kappa shape index (κ3) is 5.85. The molecule has 5 N–H and O–H groups in total. The van der Waals surface area contributed by atoms with Gasteiger partial charge in [0.05, 0.1) is 12.1 Å². The van der Waals surface area contributed by atoms with E-state index < -0.39 is 76.5 Å². The summed E-state index contributed by atoms with van der Waals surface area (Å²) in [5.74, 6) is -6.37. The van der Waals surface area contributed by atoms with Gasteiger partial charge in [-0.05, 0) is 18.1 Å². The van der Waals surface area contributed by atoms with Gasteiger partial charge in [0.2, 0.25) is 5.88 Å². The number of pyridine rings is 1. The van der Waals surface area contributed by atoms with Crippen molar-refractivity contribution in [1.29, 1.82) is 0 Å². The van der Waals surface area contributed by atoms with E-state index in [1.54, 1.807) is 0 Å². The molecule has 1 aromatic heterocycles. The summed E-state index contributed by atoms with van der Waals surface area (Å²) in [7, 11) is 0. The summed E-state index contributed by atoms with van der Waals surface area (Å²) in [6, 6.07) is 4.15. The minimum atomic E-state index is -4.81. The Balaban J connectivity index is 2.71. The number of halogens is 3. The summed E-state index contributed by atoms with van der Waals surface area (Å²) >= 11 is 0. The minimum absolute atomic E-state index is 0.102. The molecular formula is C21H22F3N3O7. The summed E-state index contributed by atoms with van der Waals surface area (Å²) in [6.45, 7) is 0.0671. The number of carbonyl (C=O) groups excluding carboxylic acids is 2. The van der Waals surface area contributed by atoms with E-state index in [4.69, 9.17) is 5.11 Å². The predicted octanol–water partition coefficient (Wildman–Crippen LogP) is 1.67. The third-order valence-corrected chi connectivity index (χ3v) is 4.73. The Labute approximate surface area is 190 Å². The highest BCUT2D eigenvalue weighted by Crippen LogP contribution is 2.34. The molecule has 1 aromatic carbocycles. The lowest BCUT2D eigenvalue weighted by atomic mass is 10.1. The van der Waals surface area contributed by atoms with Gasteiger partial charge in [0, 0.05) is 6.54 Å². The fourth-order valence-electron chi connectivity index (χ4n) is 3.08. The van der Waals surface area contributed by atoms with E-state index in [-0.39, 0.29) is 6.54 Å². The molecule has 2 rings (SSSR count). The molecule has 0 atom stereocenters. The van der Waals surface area contributed by atoms with Crippen LogP contribution in [0.1, 0.15) is 51.6 Å². The molecule has 0 bridgehead atoms. The molecule has 0 radical (unpaired) electrons. The zero-order valence-electron chi connectivity index (χ0n) is 17.9. The van der Waals surface area contributed by atoms with Gasteiger partial charge in [-0.15, -0.1) is 0 Å². The average molecular weight is 485 g/mol. The highest BCUT2D eigenvalue weighted by Gasteiger charge is 2.34. The molecule has 1 heterocycles. The first-order chi connectivity index (χ1) is 15.9. The number of carbonyl (C=O) groups is 3. The number of nitrogens with zero attached hydrogens (tertiary/aromatic N) is 1. The number of nitrogens with one attached hydrogen (secondary N) is 2. The maximum absolute atomic E-state index is 13.4. The Hall–Kier alpha value is -4.03. The van der Waals surface area contributed by atoms with Crippen LogP contribution in [0.3, 0.4) is 0 Å². The van der Waals surface area contributed by atoms with Crippen molar-refractivity contribution in [3.63, 3.8) is 0 Å². The molecule has 0 fully saturated rings. The summed E-state index contributed by atoms with van der Waals surface area (Å²) in [5.41, 5.74) is -5.04. The first kappa shape index (κ1) is 26.2. The quantitative estimate of drug-likeness (QED) is 0.338. The zero-order valence-corrected chi connectivity index (χ0v) is 17.9. The minimum Gasteiger partial charge on any atom is -0.506 e. The molecule has 2 amide bonds. The number of aromatic nitrogens is 1. The van der Waals surface area contributed by atoms with E-state index >= 15 is 0 Å². The predicted molar refractivity (Wildman–Crippen MR) is 112 cm³/mol. The maximum atomic E-state index is 13.4. The number of benzene rings is 1. The molecule has 0 aliphatic heterocycles. The van der Waals surface area contributed by atoms with Crippen molar-refractivity contribution in [2.45, 2.75) is 32.5 Å². The Bertz CT molecular complexity index is 1160. The van der Waals surface area contributed by atoms with Gasteiger partial charge in [0.25, 0.3) is 17.4 Å². The Morgan fingerprint density at radius 3 is 2.24 bits per heavy atom. The van der Waals surface area contributed by atoms with E-state index in [9.17, 15) is 42.6 Å². The van der Waals surface area contributed by atoms with Crippen LogP contribution in [-0.4, -0.2) is 50.8 Å². The van der Waals surface area contributed by atoms with Gasteiger partial charge in [-0.1, -0.05) is 31.5 Å². The van der Waals surface area contributed by atoms with Gasteiger partial charge in [-0.2, -0.15) is 13.2 Å². The highest BCUT2D eigenvalue weighted by atomic mass is 19.4. The molecule has 0 aliphatic rings. The van der Waals surface area contributed by atoms with Crippen LogP contribution in [0, 0.1) is 0 Å². The molecule has 0 saturated heterocycles. The standard InChI is InChI=1S/C21H22F3N3O7/c1-2-3-8-25-17(31)14-16(30)15(18(32)26-9-13(28)29)20(34)27(19(14)33)10-11-6-4-5-7-12(11)21(22,23)24/h4-7,30,33H,2-3,8-10H2,1H3,(H,25,31)(H,26,32)(H,28,29). The van der Waals surface area contributed by atoms with E-state index in [1.807, 2.05) is 12.2 Å². The number of carboxylic acids is 1. The van der Waals surface area contributed by atoms with Crippen molar-refractivity contribution >= 4 is 17.8 Å². The van der Waals surface area contributed by atoms with E-state index in [1.165, 1.54) is 6.07 Å². The smallest absolute Gasteiger partial charge is 0.416 e. The van der Waals surface area contributed by atoms with Crippen molar-refractivity contribution in [2.75, 3.05) is 13.1 Å². The summed E-state index contributed by atoms with van der Waals surface area (Å²) in [4.78, 5) is 48.7. The van der Waals surface area contributed by atoms with Crippen LogP contribution in [0.15, 0.2) is 29.1 Å². The molecule has 34 heavy (non-hydrogen) atoms. The number of hydrogen-bond donors (Lipinski definition) is 5. The van der Waals surface area contributed by atoms with Crippen molar-refractivity contribution in [1.82, 2.24) is 15.2 Å². The fourth-order valence-corrected chi connectivity index (χ4v) is 3.08. The lowest BCUT2D eigenvalue weighted by Crippen LogP contribution is -2.37. The van der Waals surface area contributed by atoms with E-state index in [0.29, 0.717) is 17.4 Å². The number of carboxylic acid groups (broad SMARTS) is 1. The van der Waals surface area contributed by atoms with Crippen molar-refractivity contribution in [2.24, 2.45) is 0 Å². The van der Waals surface area contributed by atoms with Gasteiger partial charge in [-0.25, -0.2) is 0 Å². The summed E-state index contributed by atoms with van der Waals surface area (Å²) in [6.07, 6.45) is -3.62. The SMILES string of the molecule is CCCCNC(=O)c1c(O)c(C(=O)NCC(=O)O)c(=O)n(Cc2ccccc2C(F)(F)F)c1O. The van der Waals surface area contributed by atoms with Crippen molar-refractivity contribution < 1.29 is 42.9 Å². The summed E-state index contributed by atoms with van der Waals surface area (Å²) in [5, 5.41) is 34.0. The first-order valence-corrected chi connectivity index (χ1v) is 10.0. The molecule has 2 aromatic rings. The molecular weight excluding hydrogens is 463 g/mol. The van der Waals surface area contributed by atoms with Gasteiger partial charge in [0.1, 0.15) is 17.7 Å². The lowest BCUT2D eigenvalue weighted by molar-refractivity contribution is -0.138. The second kappa shape index (κ2) is 10.7. The Morgan fingerprint density at radius 2 is 1.65 bits per heavy atom. The monoisotopic (exact) mass is 485 g/mol. The average Bonchev–Trinajstić information content (AvgIpc) is 2.75. The summed E-state index contributed by atoms with van der Waals surface area (Å²) < 4.78 is 40.5. The first-order valence-electron chi connectivity index (χ1n) is 10.0. The molecule has 0 spiro atoms. The maximum Gasteiger partial charge on any atom is 0.416 e. The molecule has 13 heteroatoms. The fraction of sp³-hybridized carbons (Fsp3) is 0.333. The molecule has 10 nitrogen and oxygen atoms in total. The van der Waals surface area contributed by atoms with Crippen LogP contribution >= 0.6 is 0 Å². The number of aromatic hydroxyl groups is 2.